The van der Waals surface area contributed by atoms with E-state index in [-0.39, 0.29) is 0 Å². The molecule has 0 aliphatic rings. The molecule has 1 aromatic heterocycles. The van der Waals surface area contributed by atoms with E-state index in [1.807, 2.05) is 19.2 Å². The quantitative estimate of drug-likeness (QED) is 0.807. The molecular weight excluding hydrogens is 186 g/mol. The van der Waals surface area contributed by atoms with Gasteiger partial charge in [-0.05, 0) is 31.4 Å². The lowest BCUT2D eigenvalue weighted by molar-refractivity contribution is 0.735. The highest BCUT2D eigenvalue weighted by atomic mass is 15.2. The van der Waals surface area contributed by atoms with Gasteiger partial charge >= 0.3 is 0 Å². The summed E-state index contributed by atoms with van der Waals surface area (Å²) in [6, 6.07) is 1.95. The predicted molar refractivity (Wildman–Crippen MR) is 66.2 cm³/mol. The van der Waals surface area contributed by atoms with Gasteiger partial charge in [-0.2, -0.15) is 0 Å². The van der Waals surface area contributed by atoms with Crippen LogP contribution in [0.2, 0.25) is 0 Å². The molecule has 0 radical (unpaired) electrons. The number of nitrogens with zero attached hydrogens (tertiary/aromatic N) is 2. The minimum atomic E-state index is 0.819. The molecule has 1 heterocycles. The van der Waals surface area contributed by atoms with Gasteiger partial charge in [0.2, 0.25) is 0 Å². The molecule has 0 aliphatic carbocycles. The third-order valence-electron chi connectivity index (χ3n) is 2.47. The zero-order chi connectivity index (χ0) is 11.3. The highest BCUT2D eigenvalue weighted by molar-refractivity contribution is 5.66. The summed E-state index contributed by atoms with van der Waals surface area (Å²) < 4.78 is 0. The summed E-state index contributed by atoms with van der Waals surface area (Å²) in [4.78, 5) is 6.64. The van der Waals surface area contributed by atoms with E-state index < -0.39 is 0 Å². The predicted octanol–water partition coefficient (Wildman–Crippen LogP) is 2.60. The fourth-order valence-electron chi connectivity index (χ4n) is 1.67. The van der Waals surface area contributed by atoms with E-state index in [4.69, 9.17) is 5.73 Å². The monoisotopic (exact) mass is 207 g/mol. The average Bonchev–Trinajstić information content (AvgIpc) is 2.22. The van der Waals surface area contributed by atoms with Crippen molar-refractivity contribution >= 4 is 11.5 Å². The standard InChI is InChI=1S/C12H21N3/c1-4-8-15(9-5-2)12-11(13)10(3)6-7-14-12/h6-7H,4-5,8-9,13H2,1-3H3. The Morgan fingerprint density at radius 1 is 1.27 bits per heavy atom. The highest BCUT2D eigenvalue weighted by Crippen LogP contribution is 2.23. The fraction of sp³-hybridized carbons (Fsp3) is 0.583. The van der Waals surface area contributed by atoms with Gasteiger partial charge in [-0.3, -0.25) is 0 Å². The minimum absolute atomic E-state index is 0.819. The molecule has 1 aromatic rings. The first-order valence-corrected chi connectivity index (χ1v) is 5.66. The Hall–Kier alpha value is -1.25. The third kappa shape index (κ3) is 2.85. The second-order valence-electron chi connectivity index (χ2n) is 3.85. The summed E-state index contributed by atoms with van der Waals surface area (Å²) in [6.07, 6.45) is 4.07. The van der Waals surface area contributed by atoms with Crippen molar-refractivity contribution in [2.24, 2.45) is 0 Å². The molecule has 3 heteroatoms. The largest absolute Gasteiger partial charge is 0.396 e. The molecule has 0 saturated heterocycles. The first-order chi connectivity index (χ1) is 7.20. The maximum atomic E-state index is 6.04. The van der Waals surface area contributed by atoms with E-state index in [9.17, 15) is 0 Å². The second-order valence-corrected chi connectivity index (χ2v) is 3.85. The third-order valence-corrected chi connectivity index (χ3v) is 2.47. The smallest absolute Gasteiger partial charge is 0.152 e. The fourth-order valence-corrected chi connectivity index (χ4v) is 1.67. The lowest BCUT2D eigenvalue weighted by Gasteiger charge is -2.24. The highest BCUT2D eigenvalue weighted by Gasteiger charge is 2.10. The van der Waals surface area contributed by atoms with Gasteiger partial charge in [-0.25, -0.2) is 4.98 Å². The molecule has 0 spiro atoms. The molecule has 1 rings (SSSR count). The molecule has 0 amide bonds. The molecule has 0 atom stereocenters. The number of anilines is 2. The van der Waals surface area contributed by atoms with Gasteiger partial charge < -0.3 is 10.6 Å². The number of hydrogen-bond acceptors (Lipinski definition) is 3. The average molecular weight is 207 g/mol. The molecule has 0 bridgehead atoms. The van der Waals surface area contributed by atoms with Crippen LogP contribution < -0.4 is 10.6 Å². The summed E-state index contributed by atoms with van der Waals surface area (Å²) >= 11 is 0. The van der Waals surface area contributed by atoms with Crippen molar-refractivity contribution in [3.63, 3.8) is 0 Å². The molecule has 84 valence electrons. The van der Waals surface area contributed by atoms with Gasteiger partial charge in [-0.15, -0.1) is 0 Å². The van der Waals surface area contributed by atoms with E-state index >= 15 is 0 Å². The molecule has 0 unspecified atom stereocenters. The van der Waals surface area contributed by atoms with Crippen LogP contribution >= 0.6 is 0 Å². The van der Waals surface area contributed by atoms with Crippen LogP contribution in [0.5, 0.6) is 0 Å². The van der Waals surface area contributed by atoms with Crippen LogP contribution in [0.15, 0.2) is 12.3 Å². The Bertz CT molecular complexity index is 304. The van der Waals surface area contributed by atoms with Crippen molar-refractivity contribution in [1.29, 1.82) is 0 Å². The van der Waals surface area contributed by atoms with E-state index in [1.54, 1.807) is 0 Å². The zero-order valence-electron chi connectivity index (χ0n) is 9.95. The van der Waals surface area contributed by atoms with Crippen molar-refractivity contribution in [2.75, 3.05) is 23.7 Å². The van der Waals surface area contributed by atoms with Gasteiger partial charge in [0.25, 0.3) is 0 Å². The van der Waals surface area contributed by atoms with Crippen molar-refractivity contribution in [3.8, 4) is 0 Å². The van der Waals surface area contributed by atoms with Gasteiger partial charge in [0.1, 0.15) is 0 Å². The second kappa shape index (κ2) is 5.59. The molecule has 0 aromatic carbocycles. The number of nitrogens with two attached hydrogens (primary N) is 1. The Morgan fingerprint density at radius 3 is 2.40 bits per heavy atom. The van der Waals surface area contributed by atoms with Crippen LogP contribution in [0.4, 0.5) is 11.5 Å². The summed E-state index contributed by atoms with van der Waals surface area (Å²) in [5.41, 5.74) is 7.97. The molecule has 0 fully saturated rings. The first kappa shape index (κ1) is 11.8. The van der Waals surface area contributed by atoms with Crippen LogP contribution in [0.3, 0.4) is 0 Å². The molecule has 2 N–H and O–H groups in total. The topological polar surface area (TPSA) is 42.2 Å². The van der Waals surface area contributed by atoms with Crippen LogP contribution in [-0.4, -0.2) is 18.1 Å². The van der Waals surface area contributed by atoms with E-state index in [0.29, 0.717) is 0 Å². The van der Waals surface area contributed by atoms with Crippen LogP contribution in [0.25, 0.3) is 0 Å². The first-order valence-electron chi connectivity index (χ1n) is 5.66. The number of pyridine rings is 1. The Labute approximate surface area is 92.3 Å². The number of rotatable bonds is 5. The Balaban J connectivity index is 2.94. The molecule has 0 aliphatic heterocycles. The number of nitrogen functional groups attached to an aromatic ring is 1. The maximum absolute atomic E-state index is 6.04. The lowest BCUT2D eigenvalue weighted by Crippen LogP contribution is -2.27. The van der Waals surface area contributed by atoms with Crippen molar-refractivity contribution in [1.82, 2.24) is 4.98 Å². The summed E-state index contributed by atoms with van der Waals surface area (Å²) in [7, 11) is 0. The van der Waals surface area contributed by atoms with Crippen molar-refractivity contribution in [3.05, 3.63) is 17.8 Å². The Kier molecular flexibility index (Phi) is 4.40. The zero-order valence-corrected chi connectivity index (χ0v) is 9.95. The lowest BCUT2D eigenvalue weighted by atomic mass is 10.2. The summed E-state index contributed by atoms with van der Waals surface area (Å²) in [5.74, 6) is 0.943. The van der Waals surface area contributed by atoms with Crippen LogP contribution in [-0.2, 0) is 0 Å². The van der Waals surface area contributed by atoms with Crippen molar-refractivity contribution < 1.29 is 0 Å². The van der Waals surface area contributed by atoms with Gasteiger partial charge in [-0.1, -0.05) is 13.8 Å². The summed E-state index contributed by atoms with van der Waals surface area (Å²) in [5, 5.41) is 0. The van der Waals surface area contributed by atoms with Crippen LogP contribution in [0.1, 0.15) is 32.3 Å². The number of hydrogen-bond donors (Lipinski definition) is 1. The van der Waals surface area contributed by atoms with Gasteiger partial charge in [0.05, 0.1) is 5.69 Å². The number of aromatic nitrogens is 1. The van der Waals surface area contributed by atoms with Gasteiger partial charge in [0.15, 0.2) is 5.82 Å². The van der Waals surface area contributed by atoms with Crippen LogP contribution in [0, 0.1) is 6.92 Å². The van der Waals surface area contributed by atoms with Gasteiger partial charge in [0, 0.05) is 19.3 Å². The molecule has 0 saturated carbocycles. The van der Waals surface area contributed by atoms with Crippen molar-refractivity contribution in [2.45, 2.75) is 33.6 Å². The Morgan fingerprint density at radius 2 is 1.87 bits per heavy atom. The SMILES string of the molecule is CCCN(CCC)c1nccc(C)c1N. The number of aryl methyl sites for hydroxylation is 1. The van der Waals surface area contributed by atoms with E-state index in [0.717, 1.165) is 43.0 Å². The minimum Gasteiger partial charge on any atom is -0.396 e. The van der Waals surface area contributed by atoms with E-state index in [1.165, 1.54) is 0 Å². The maximum Gasteiger partial charge on any atom is 0.152 e. The molecule has 15 heavy (non-hydrogen) atoms. The summed E-state index contributed by atoms with van der Waals surface area (Å²) in [6.45, 7) is 8.42. The molecular formula is C12H21N3. The molecule has 3 nitrogen and oxygen atoms in total. The normalized spacial score (nSPS) is 10.3. The van der Waals surface area contributed by atoms with E-state index in [2.05, 4.69) is 23.7 Å².